The van der Waals surface area contributed by atoms with Gasteiger partial charge in [0.05, 0.1) is 17.1 Å². The van der Waals surface area contributed by atoms with Gasteiger partial charge in [-0.2, -0.15) is 0 Å². The van der Waals surface area contributed by atoms with E-state index in [1.165, 1.54) is 12.1 Å². The highest BCUT2D eigenvalue weighted by Gasteiger charge is 2.19. The van der Waals surface area contributed by atoms with Crippen molar-refractivity contribution in [1.82, 2.24) is 0 Å². The molecule has 0 radical (unpaired) electrons. The molecule has 1 heterocycles. The van der Waals surface area contributed by atoms with Crippen molar-refractivity contribution in [3.05, 3.63) is 91.6 Å². The van der Waals surface area contributed by atoms with E-state index in [0.29, 0.717) is 17.0 Å². The Morgan fingerprint density at radius 1 is 1.12 bits per heavy atom. The van der Waals surface area contributed by atoms with Crippen molar-refractivity contribution in [2.24, 2.45) is 0 Å². The van der Waals surface area contributed by atoms with Crippen molar-refractivity contribution in [3.63, 3.8) is 0 Å². The fourth-order valence-corrected chi connectivity index (χ4v) is 3.58. The van der Waals surface area contributed by atoms with Crippen LogP contribution in [0.5, 0.6) is 0 Å². The van der Waals surface area contributed by atoms with E-state index in [1.807, 2.05) is 41.8 Å². The number of nitro groups is 1. The number of non-ortho nitro benzene ring substituents is 1. The molecule has 0 amide bonds. The van der Waals surface area contributed by atoms with Crippen LogP contribution in [-0.4, -0.2) is 10.0 Å². The number of aliphatic hydroxyl groups is 1. The van der Waals surface area contributed by atoms with Crippen LogP contribution in [0.2, 0.25) is 5.02 Å². The van der Waals surface area contributed by atoms with Crippen LogP contribution in [0.3, 0.4) is 0 Å². The average molecular weight is 389 g/mol. The van der Waals surface area contributed by atoms with Gasteiger partial charge in [-0.3, -0.25) is 10.1 Å². The van der Waals surface area contributed by atoms with Crippen molar-refractivity contribution < 1.29 is 10.0 Å². The molecule has 2 atom stereocenters. The standard InChI is InChI=1S/C19H17ClN2O3S/c20-14-5-7-15(8-6-14)21-17(19-2-1-11-26-19)12-18(23)13-3-9-16(10-4-13)22(24)25/h1-11,17-18,21,23H,12H2/t17-,18-/m1/s1. The predicted molar refractivity (Wildman–Crippen MR) is 105 cm³/mol. The molecular weight excluding hydrogens is 372 g/mol. The summed E-state index contributed by atoms with van der Waals surface area (Å²) in [6.45, 7) is 0. The SMILES string of the molecule is O=[N+]([O-])c1ccc([C@H](O)C[C@@H](Nc2ccc(Cl)cc2)c2cccs2)cc1. The molecule has 2 aromatic carbocycles. The number of nitro benzene ring substituents is 1. The molecule has 0 saturated carbocycles. The lowest BCUT2D eigenvalue weighted by atomic mass is 10.0. The number of hydrogen-bond donors (Lipinski definition) is 2. The van der Waals surface area contributed by atoms with Crippen LogP contribution in [0.1, 0.15) is 29.0 Å². The topological polar surface area (TPSA) is 75.4 Å². The van der Waals surface area contributed by atoms with Crippen molar-refractivity contribution in [1.29, 1.82) is 0 Å². The molecule has 0 bridgehead atoms. The van der Waals surface area contributed by atoms with Gasteiger partial charge in [0.25, 0.3) is 5.69 Å². The normalized spacial score (nSPS) is 13.2. The number of anilines is 1. The summed E-state index contributed by atoms with van der Waals surface area (Å²) in [5, 5.41) is 27.5. The molecular formula is C19H17ClN2O3S. The lowest BCUT2D eigenvalue weighted by molar-refractivity contribution is -0.384. The molecule has 134 valence electrons. The third kappa shape index (κ3) is 4.60. The monoisotopic (exact) mass is 388 g/mol. The van der Waals surface area contributed by atoms with Crippen LogP contribution in [0.15, 0.2) is 66.0 Å². The maximum Gasteiger partial charge on any atom is 0.269 e. The van der Waals surface area contributed by atoms with E-state index in [1.54, 1.807) is 23.5 Å². The maximum atomic E-state index is 10.8. The first kappa shape index (κ1) is 18.4. The Labute approximate surface area is 160 Å². The van der Waals surface area contributed by atoms with Crippen LogP contribution >= 0.6 is 22.9 Å². The van der Waals surface area contributed by atoms with E-state index < -0.39 is 11.0 Å². The van der Waals surface area contributed by atoms with Gasteiger partial charge in [-0.15, -0.1) is 11.3 Å². The van der Waals surface area contributed by atoms with Crippen molar-refractivity contribution in [2.75, 3.05) is 5.32 Å². The minimum Gasteiger partial charge on any atom is -0.388 e. The van der Waals surface area contributed by atoms with Crippen molar-refractivity contribution in [2.45, 2.75) is 18.6 Å². The molecule has 0 aliphatic rings. The quantitative estimate of drug-likeness (QED) is 0.408. The van der Waals surface area contributed by atoms with Gasteiger partial charge < -0.3 is 10.4 Å². The summed E-state index contributed by atoms with van der Waals surface area (Å²) >= 11 is 7.54. The zero-order chi connectivity index (χ0) is 18.5. The summed E-state index contributed by atoms with van der Waals surface area (Å²) in [6, 6.07) is 17.3. The Morgan fingerprint density at radius 3 is 2.38 bits per heavy atom. The van der Waals surface area contributed by atoms with Gasteiger partial charge in [0.1, 0.15) is 0 Å². The molecule has 26 heavy (non-hydrogen) atoms. The third-order valence-electron chi connectivity index (χ3n) is 4.02. The molecule has 1 aromatic heterocycles. The second-order valence-corrected chi connectivity index (χ2v) is 7.24. The van der Waals surface area contributed by atoms with Gasteiger partial charge in [-0.05, 0) is 53.4 Å². The number of rotatable bonds is 7. The summed E-state index contributed by atoms with van der Waals surface area (Å²) in [5.74, 6) is 0. The van der Waals surface area contributed by atoms with Gasteiger partial charge in [0.2, 0.25) is 0 Å². The maximum absolute atomic E-state index is 10.8. The molecule has 0 spiro atoms. The Kier molecular flexibility index (Phi) is 5.88. The van der Waals surface area contributed by atoms with Crippen LogP contribution < -0.4 is 5.32 Å². The van der Waals surface area contributed by atoms with E-state index in [2.05, 4.69) is 5.32 Å². The first-order valence-corrected chi connectivity index (χ1v) is 9.26. The van der Waals surface area contributed by atoms with Crippen LogP contribution in [0.25, 0.3) is 0 Å². The fraction of sp³-hybridized carbons (Fsp3) is 0.158. The summed E-state index contributed by atoms with van der Waals surface area (Å²) in [4.78, 5) is 11.4. The Bertz CT molecular complexity index is 852. The molecule has 7 heteroatoms. The molecule has 2 N–H and O–H groups in total. The van der Waals surface area contributed by atoms with Crippen molar-refractivity contribution >= 4 is 34.3 Å². The number of thiophene rings is 1. The second kappa shape index (κ2) is 8.31. The molecule has 0 aliphatic carbocycles. The van der Waals surface area contributed by atoms with Crippen LogP contribution in [0.4, 0.5) is 11.4 Å². The highest BCUT2D eigenvalue weighted by Crippen LogP contribution is 2.32. The van der Waals surface area contributed by atoms with Gasteiger partial charge in [-0.25, -0.2) is 0 Å². The first-order chi connectivity index (χ1) is 12.5. The summed E-state index contributed by atoms with van der Waals surface area (Å²) in [5.41, 5.74) is 1.56. The van der Waals surface area contributed by atoms with Crippen LogP contribution in [-0.2, 0) is 0 Å². The minimum absolute atomic E-state index is 0.00930. The minimum atomic E-state index is -0.747. The van der Waals surface area contributed by atoms with E-state index in [4.69, 9.17) is 11.6 Å². The third-order valence-corrected chi connectivity index (χ3v) is 5.26. The lowest BCUT2D eigenvalue weighted by Gasteiger charge is -2.22. The fourth-order valence-electron chi connectivity index (χ4n) is 2.66. The predicted octanol–water partition coefficient (Wildman–Crippen LogP) is 5.59. The first-order valence-electron chi connectivity index (χ1n) is 8.01. The molecule has 0 fully saturated rings. The molecule has 0 saturated heterocycles. The Hall–Kier alpha value is -2.41. The van der Waals surface area contributed by atoms with Gasteiger partial charge in [-0.1, -0.05) is 17.7 Å². The Balaban J connectivity index is 1.76. The number of halogens is 1. The number of nitrogens with one attached hydrogen (secondary N) is 1. The number of aliphatic hydroxyl groups excluding tert-OH is 1. The highest BCUT2D eigenvalue weighted by atomic mass is 35.5. The Morgan fingerprint density at radius 2 is 1.81 bits per heavy atom. The smallest absolute Gasteiger partial charge is 0.269 e. The zero-order valence-corrected chi connectivity index (χ0v) is 15.3. The number of nitrogens with zero attached hydrogens (tertiary/aromatic N) is 1. The molecule has 3 aromatic rings. The average Bonchev–Trinajstić information content (AvgIpc) is 3.17. The number of hydrogen-bond acceptors (Lipinski definition) is 5. The van der Waals surface area contributed by atoms with Crippen molar-refractivity contribution in [3.8, 4) is 0 Å². The zero-order valence-electron chi connectivity index (χ0n) is 13.7. The molecule has 0 unspecified atom stereocenters. The highest BCUT2D eigenvalue weighted by molar-refractivity contribution is 7.10. The molecule has 0 aliphatic heterocycles. The summed E-state index contributed by atoms with van der Waals surface area (Å²) in [7, 11) is 0. The van der Waals surface area contributed by atoms with Crippen LogP contribution in [0, 0.1) is 10.1 Å². The van der Waals surface area contributed by atoms with E-state index >= 15 is 0 Å². The van der Waals surface area contributed by atoms with Gasteiger partial charge >= 0.3 is 0 Å². The van der Waals surface area contributed by atoms with E-state index in [-0.39, 0.29) is 11.7 Å². The lowest BCUT2D eigenvalue weighted by Crippen LogP contribution is -2.13. The van der Waals surface area contributed by atoms with Gasteiger partial charge in [0.15, 0.2) is 0 Å². The van der Waals surface area contributed by atoms with E-state index in [9.17, 15) is 15.2 Å². The molecule has 3 rings (SSSR count). The largest absolute Gasteiger partial charge is 0.388 e. The summed E-state index contributed by atoms with van der Waals surface area (Å²) < 4.78 is 0. The van der Waals surface area contributed by atoms with E-state index in [0.717, 1.165) is 10.6 Å². The van der Waals surface area contributed by atoms with Gasteiger partial charge in [0, 0.05) is 34.1 Å². The summed E-state index contributed by atoms with van der Waals surface area (Å²) in [6.07, 6.45) is -0.316. The second-order valence-electron chi connectivity index (χ2n) is 5.82. The molecule has 5 nitrogen and oxygen atoms in total. The number of benzene rings is 2.